The van der Waals surface area contributed by atoms with Crippen LogP contribution in [0.1, 0.15) is 24.7 Å². The lowest BCUT2D eigenvalue weighted by Crippen LogP contribution is -2.40. The molecule has 25 heavy (non-hydrogen) atoms. The predicted molar refractivity (Wildman–Crippen MR) is 82.5 cm³/mol. The summed E-state index contributed by atoms with van der Waals surface area (Å²) >= 11 is 0. The van der Waals surface area contributed by atoms with E-state index in [4.69, 9.17) is 0 Å². The van der Waals surface area contributed by atoms with Gasteiger partial charge in [0.2, 0.25) is 0 Å². The Bertz CT molecular complexity index is 752. The van der Waals surface area contributed by atoms with Gasteiger partial charge in [-0.15, -0.1) is 5.06 Å². The first-order valence-corrected chi connectivity index (χ1v) is 8.01. The number of hydroxylamine groups is 2. The largest absolute Gasteiger partial charge is 0.492 e. The Morgan fingerprint density at radius 1 is 1.28 bits per heavy atom. The van der Waals surface area contributed by atoms with E-state index in [1.54, 1.807) is 0 Å². The van der Waals surface area contributed by atoms with Crippen molar-refractivity contribution in [2.24, 2.45) is 0 Å². The smallest absolute Gasteiger partial charge is 0.396 e. The molecule has 0 amide bonds. The summed E-state index contributed by atoms with van der Waals surface area (Å²) in [6.07, 6.45) is -3.56. The van der Waals surface area contributed by atoms with Crippen LogP contribution in [0.15, 0.2) is 24.3 Å². The molecule has 0 bridgehead atoms. The van der Waals surface area contributed by atoms with Gasteiger partial charge in [0.1, 0.15) is 5.82 Å². The van der Waals surface area contributed by atoms with Crippen molar-refractivity contribution in [2.45, 2.75) is 31.5 Å². The highest BCUT2D eigenvalue weighted by molar-refractivity contribution is 5.76. The van der Waals surface area contributed by atoms with E-state index in [1.807, 2.05) is 28.8 Å². The quantitative estimate of drug-likeness (QED) is 0.909. The fourth-order valence-corrected chi connectivity index (χ4v) is 3.14. The third-order valence-corrected chi connectivity index (χ3v) is 4.24. The molecule has 2 aromatic rings. The minimum absolute atomic E-state index is 0.0230. The molecular formula is C16H18F3N3O3. The van der Waals surface area contributed by atoms with E-state index in [1.165, 1.54) is 0 Å². The van der Waals surface area contributed by atoms with E-state index in [0.717, 1.165) is 21.9 Å². The molecule has 1 fully saturated rings. The molecule has 0 atom stereocenters. The van der Waals surface area contributed by atoms with Crippen LogP contribution in [0.2, 0.25) is 0 Å². The van der Waals surface area contributed by atoms with Gasteiger partial charge in [-0.05, 0) is 25.0 Å². The number of carbonyl (C=O) groups is 1. The highest BCUT2D eigenvalue weighted by Crippen LogP contribution is 2.29. The molecule has 6 nitrogen and oxygen atoms in total. The van der Waals surface area contributed by atoms with E-state index in [-0.39, 0.29) is 25.7 Å². The van der Waals surface area contributed by atoms with Crippen LogP contribution in [-0.4, -0.2) is 51.6 Å². The SMILES string of the molecule is O=C(ON1CCC(n2c(CCO)nc3ccccc32)CC1)C(F)(F)F. The molecule has 1 aliphatic heterocycles. The molecule has 0 saturated carbocycles. The van der Waals surface area contributed by atoms with Crippen LogP contribution in [-0.2, 0) is 16.1 Å². The van der Waals surface area contributed by atoms with Gasteiger partial charge in [-0.25, -0.2) is 9.78 Å². The van der Waals surface area contributed by atoms with Crippen molar-refractivity contribution in [1.82, 2.24) is 14.6 Å². The molecule has 0 radical (unpaired) electrons. The molecule has 0 spiro atoms. The monoisotopic (exact) mass is 357 g/mol. The highest BCUT2D eigenvalue weighted by Gasteiger charge is 2.43. The Morgan fingerprint density at radius 2 is 1.96 bits per heavy atom. The van der Waals surface area contributed by atoms with Gasteiger partial charge < -0.3 is 14.5 Å². The summed E-state index contributed by atoms with van der Waals surface area (Å²) < 4.78 is 38.9. The van der Waals surface area contributed by atoms with Crippen LogP contribution in [0, 0.1) is 0 Å². The fraction of sp³-hybridized carbons (Fsp3) is 0.500. The van der Waals surface area contributed by atoms with Gasteiger partial charge in [0.05, 0.1) is 17.6 Å². The molecule has 1 aliphatic rings. The number of hydrogen-bond acceptors (Lipinski definition) is 5. The Hall–Kier alpha value is -2.13. The summed E-state index contributed by atoms with van der Waals surface area (Å²) in [4.78, 5) is 19.8. The van der Waals surface area contributed by atoms with Gasteiger partial charge in [0.25, 0.3) is 0 Å². The molecule has 9 heteroatoms. The molecule has 2 heterocycles. The predicted octanol–water partition coefficient (Wildman–Crippen LogP) is 2.23. The Kier molecular flexibility index (Phi) is 4.96. The van der Waals surface area contributed by atoms with Crippen LogP contribution >= 0.6 is 0 Å². The number of piperidine rings is 1. The standard InChI is InChI=1S/C16H18F3N3O3/c17-16(18,19)15(24)25-21-8-5-11(6-9-21)22-13-4-2-1-3-12(13)20-14(22)7-10-23/h1-4,11,23H,5-10H2. The molecule has 0 aliphatic carbocycles. The second-order valence-corrected chi connectivity index (χ2v) is 5.90. The first-order valence-electron chi connectivity index (χ1n) is 8.01. The van der Waals surface area contributed by atoms with Crippen molar-refractivity contribution >= 4 is 17.0 Å². The number of halogens is 3. The summed E-state index contributed by atoms with van der Waals surface area (Å²) in [5.74, 6) is -1.45. The first kappa shape index (κ1) is 17.7. The lowest BCUT2D eigenvalue weighted by Gasteiger charge is -2.32. The highest BCUT2D eigenvalue weighted by atomic mass is 19.4. The number of rotatable bonds is 4. The van der Waals surface area contributed by atoms with Crippen LogP contribution in [0.3, 0.4) is 0 Å². The number of nitrogens with zero attached hydrogens (tertiary/aromatic N) is 3. The summed E-state index contributed by atoms with van der Waals surface area (Å²) in [6.45, 7) is 0.375. The molecule has 1 N–H and O–H groups in total. The first-order chi connectivity index (χ1) is 11.9. The number of aliphatic hydroxyl groups excluding tert-OH is 1. The number of hydrogen-bond donors (Lipinski definition) is 1. The summed E-state index contributed by atoms with van der Waals surface area (Å²) in [5.41, 5.74) is 1.74. The summed E-state index contributed by atoms with van der Waals surface area (Å²) in [5, 5.41) is 10.3. The molecule has 1 aromatic heterocycles. The average Bonchev–Trinajstić information content (AvgIpc) is 2.93. The Balaban J connectivity index is 1.74. The van der Waals surface area contributed by atoms with Gasteiger partial charge in [0.15, 0.2) is 0 Å². The van der Waals surface area contributed by atoms with Crippen LogP contribution < -0.4 is 0 Å². The third kappa shape index (κ3) is 3.77. The number of imidazole rings is 1. The zero-order valence-corrected chi connectivity index (χ0v) is 13.4. The van der Waals surface area contributed by atoms with Gasteiger partial charge in [-0.3, -0.25) is 0 Å². The molecule has 1 saturated heterocycles. The fourth-order valence-electron chi connectivity index (χ4n) is 3.14. The minimum Gasteiger partial charge on any atom is -0.396 e. The van der Waals surface area contributed by atoms with Crippen molar-refractivity contribution in [1.29, 1.82) is 0 Å². The second-order valence-electron chi connectivity index (χ2n) is 5.90. The molecular weight excluding hydrogens is 339 g/mol. The van der Waals surface area contributed by atoms with E-state index >= 15 is 0 Å². The number of para-hydroxylation sites is 2. The minimum atomic E-state index is -4.99. The molecule has 1 aromatic carbocycles. The summed E-state index contributed by atoms with van der Waals surface area (Å²) in [6, 6.07) is 7.60. The second kappa shape index (κ2) is 7.01. The molecule has 3 rings (SSSR count). The van der Waals surface area contributed by atoms with Gasteiger partial charge in [0, 0.05) is 25.6 Å². The number of benzene rings is 1. The van der Waals surface area contributed by atoms with Crippen molar-refractivity contribution in [3.05, 3.63) is 30.1 Å². The van der Waals surface area contributed by atoms with Gasteiger partial charge in [-0.1, -0.05) is 12.1 Å². The lowest BCUT2D eigenvalue weighted by molar-refractivity contribution is -0.242. The zero-order valence-electron chi connectivity index (χ0n) is 13.4. The van der Waals surface area contributed by atoms with Crippen molar-refractivity contribution in [3.8, 4) is 0 Å². The van der Waals surface area contributed by atoms with Crippen molar-refractivity contribution in [3.63, 3.8) is 0 Å². The maximum Gasteiger partial charge on any atom is 0.492 e. The number of fused-ring (bicyclic) bond motifs is 1. The number of carbonyl (C=O) groups excluding carboxylic acids is 1. The maximum atomic E-state index is 12.3. The van der Waals surface area contributed by atoms with E-state index in [9.17, 15) is 23.1 Å². The number of aliphatic hydroxyl groups is 1. The van der Waals surface area contributed by atoms with E-state index in [2.05, 4.69) is 9.82 Å². The van der Waals surface area contributed by atoms with E-state index in [0.29, 0.717) is 19.3 Å². The van der Waals surface area contributed by atoms with Gasteiger partial charge >= 0.3 is 12.1 Å². The Morgan fingerprint density at radius 3 is 2.60 bits per heavy atom. The van der Waals surface area contributed by atoms with E-state index < -0.39 is 12.1 Å². The topological polar surface area (TPSA) is 67.6 Å². The third-order valence-electron chi connectivity index (χ3n) is 4.24. The zero-order chi connectivity index (χ0) is 18.0. The number of alkyl halides is 3. The van der Waals surface area contributed by atoms with Crippen LogP contribution in [0.25, 0.3) is 11.0 Å². The summed E-state index contributed by atoms with van der Waals surface area (Å²) in [7, 11) is 0. The van der Waals surface area contributed by atoms with Crippen molar-refractivity contribution < 1.29 is 27.9 Å². The van der Waals surface area contributed by atoms with Crippen molar-refractivity contribution in [2.75, 3.05) is 19.7 Å². The van der Waals surface area contributed by atoms with Crippen LogP contribution in [0.5, 0.6) is 0 Å². The lowest BCUT2D eigenvalue weighted by atomic mass is 10.1. The maximum absolute atomic E-state index is 12.3. The number of aromatic nitrogens is 2. The van der Waals surface area contributed by atoms with Gasteiger partial charge in [-0.2, -0.15) is 13.2 Å². The molecule has 136 valence electrons. The van der Waals surface area contributed by atoms with Crippen LogP contribution in [0.4, 0.5) is 13.2 Å². The normalized spacial score (nSPS) is 17.1. The Labute approximate surface area is 141 Å². The average molecular weight is 357 g/mol. The molecule has 0 unspecified atom stereocenters.